The SMILES string of the molecule is CCC(C)CN(C)C(=O)c1ccc(S(=O)(=O)Cl)cc1C. The van der Waals surface area contributed by atoms with Crippen molar-refractivity contribution in [3.63, 3.8) is 0 Å². The minimum atomic E-state index is -3.76. The predicted octanol–water partition coefficient (Wildman–Crippen LogP) is 3.04. The van der Waals surface area contributed by atoms with Crippen molar-refractivity contribution in [2.24, 2.45) is 5.92 Å². The summed E-state index contributed by atoms with van der Waals surface area (Å²) in [6.07, 6.45) is 1.00. The van der Waals surface area contributed by atoms with Crippen molar-refractivity contribution in [2.75, 3.05) is 13.6 Å². The van der Waals surface area contributed by atoms with Crippen LogP contribution >= 0.6 is 10.7 Å². The van der Waals surface area contributed by atoms with Gasteiger partial charge in [-0.2, -0.15) is 0 Å². The van der Waals surface area contributed by atoms with Crippen molar-refractivity contribution in [2.45, 2.75) is 32.1 Å². The summed E-state index contributed by atoms with van der Waals surface area (Å²) in [5, 5.41) is 0. The zero-order chi connectivity index (χ0) is 15.5. The summed E-state index contributed by atoms with van der Waals surface area (Å²) in [6, 6.07) is 4.30. The molecule has 0 aliphatic heterocycles. The van der Waals surface area contributed by atoms with Crippen LogP contribution in [0.25, 0.3) is 0 Å². The Morgan fingerprint density at radius 1 is 1.40 bits per heavy atom. The van der Waals surface area contributed by atoms with Gasteiger partial charge in [-0.05, 0) is 36.6 Å². The highest BCUT2D eigenvalue weighted by Crippen LogP contribution is 2.20. The molecule has 1 amide bonds. The standard InChI is InChI=1S/C14H20ClNO3S/c1-5-10(2)9-16(4)14(17)13-7-6-12(8-11(13)3)20(15,18)19/h6-8,10H,5,9H2,1-4H3. The van der Waals surface area contributed by atoms with E-state index >= 15 is 0 Å². The van der Waals surface area contributed by atoms with Crippen LogP contribution in [0.5, 0.6) is 0 Å². The van der Waals surface area contributed by atoms with Crippen molar-refractivity contribution in [3.05, 3.63) is 29.3 Å². The number of hydrogen-bond acceptors (Lipinski definition) is 3. The van der Waals surface area contributed by atoms with Gasteiger partial charge in [-0.1, -0.05) is 20.3 Å². The first kappa shape index (κ1) is 17.0. The zero-order valence-corrected chi connectivity index (χ0v) is 13.8. The largest absolute Gasteiger partial charge is 0.341 e. The number of benzene rings is 1. The number of amides is 1. The topological polar surface area (TPSA) is 54.5 Å². The van der Waals surface area contributed by atoms with E-state index in [0.29, 0.717) is 23.6 Å². The highest BCUT2D eigenvalue weighted by Gasteiger charge is 2.18. The lowest BCUT2D eigenvalue weighted by molar-refractivity contribution is 0.0774. The molecule has 1 unspecified atom stereocenters. The van der Waals surface area contributed by atoms with E-state index in [1.54, 1.807) is 18.9 Å². The second kappa shape index (κ2) is 6.59. The first-order chi connectivity index (χ1) is 9.16. The first-order valence-corrected chi connectivity index (χ1v) is 8.78. The van der Waals surface area contributed by atoms with E-state index in [-0.39, 0.29) is 10.8 Å². The minimum absolute atomic E-state index is 0.0118. The predicted molar refractivity (Wildman–Crippen MR) is 80.6 cm³/mol. The smallest absolute Gasteiger partial charge is 0.261 e. The third-order valence-electron chi connectivity index (χ3n) is 3.34. The molecule has 1 atom stereocenters. The van der Waals surface area contributed by atoms with Crippen molar-refractivity contribution in [1.29, 1.82) is 0 Å². The van der Waals surface area contributed by atoms with Crippen LogP contribution in [0.3, 0.4) is 0 Å². The quantitative estimate of drug-likeness (QED) is 0.784. The second-order valence-electron chi connectivity index (χ2n) is 5.11. The molecule has 0 N–H and O–H groups in total. The lowest BCUT2D eigenvalue weighted by Gasteiger charge is -2.21. The normalized spacial score (nSPS) is 13.1. The van der Waals surface area contributed by atoms with E-state index < -0.39 is 9.05 Å². The van der Waals surface area contributed by atoms with Gasteiger partial charge in [0.25, 0.3) is 15.0 Å². The van der Waals surface area contributed by atoms with Gasteiger partial charge in [-0.25, -0.2) is 8.42 Å². The molecule has 0 fully saturated rings. The number of aryl methyl sites for hydroxylation is 1. The Hall–Kier alpha value is -1.07. The highest BCUT2D eigenvalue weighted by atomic mass is 35.7. The fraction of sp³-hybridized carbons (Fsp3) is 0.500. The molecular formula is C14H20ClNO3S. The molecule has 0 spiro atoms. The van der Waals surface area contributed by atoms with Crippen molar-refractivity contribution < 1.29 is 13.2 Å². The molecule has 6 heteroatoms. The molecule has 1 aromatic rings. The Morgan fingerprint density at radius 2 is 2.00 bits per heavy atom. The fourth-order valence-electron chi connectivity index (χ4n) is 1.91. The van der Waals surface area contributed by atoms with Gasteiger partial charge in [0.05, 0.1) is 4.90 Å². The van der Waals surface area contributed by atoms with E-state index in [1.165, 1.54) is 18.2 Å². The number of halogens is 1. The van der Waals surface area contributed by atoms with Gasteiger partial charge < -0.3 is 4.90 Å². The van der Waals surface area contributed by atoms with Crippen LogP contribution in [0.2, 0.25) is 0 Å². The van der Waals surface area contributed by atoms with Gasteiger partial charge in [-0.15, -0.1) is 0 Å². The maximum Gasteiger partial charge on any atom is 0.261 e. The summed E-state index contributed by atoms with van der Waals surface area (Å²) in [5.74, 6) is 0.313. The molecule has 0 radical (unpaired) electrons. The number of hydrogen-bond donors (Lipinski definition) is 0. The van der Waals surface area contributed by atoms with Crippen LogP contribution in [0.15, 0.2) is 23.1 Å². The molecule has 1 aromatic carbocycles. The van der Waals surface area contributed by atoms with Crippen LogP contribution in [0.4, 0.5) is 0 Å². The van der Waals surface area contributed by atoms with Gasteiger partial charge in [0.15, 0.2) is 0 Å². The molecule has 0 saturated carbocycles. The monoisotopic (exact) mass is 317 g/mol. The molecule has 1 rings (SSSR count). The third-order valence-corrected chi connectivity index (χ3v) is 4.69. The molecule has 0 aliphatic carbocycles. The van der Waals surface area contributed by atoms with Gasteiger partial charge in [0.1, 0.15) is 0 Å². The van der Waals surface area contributed by atoms with Crippen LogP contribution in [-0.4, -0.2) is 32.8 Å². The molecule has 0 aliphatic rings. The van der Waals surface area contributed by atoms with E-state index in [4.69, 9.17) is 10.7 Å². The Labute approximate surface area is 125 Å². The maximum absolute atomic E-state index is 12.3. The summed E-state index contributed by atoms with van der Waals surface area (Å²) in [7, 11) is 3.28. The molecule has 0 aromatic heterocycles. The Kier molecular flexibility index (Phi) is 5.59. The van der Waals surface area contributed by atoms with Crippen LogP contribution < -0.4 is 0 Å². The molecule has 112 valence electrons. The first-order valence-electron chi connectivity index (χ1n) is 6.47. The second-order valence-corrected chi connectivity index (χ2v) is 7.68. The Bertz CT molecular complexity index is 598. The average molecular weight is 318 g/mol. The van der Waals surface area contributed by atoms with Crippen molar-refractivity contribution >= 4 is 25.6 Å². The van der Waals surface area contributed by atoms with Crippen LogP contribution in [0, 0.1) is 12.8 Å². The van der Waals surface area contributed by atoms with Crippen LogP contribution in [-0.2, 0) is 9.05 Å². The summed E-state index contributed by atoms with van der Waals surface area (Å²) >= 11 is 0. The average Bonchev–Trinajstić information content (AvgIpc) is 2.36. The lowest BCUT2D eigenvalue weighted by atomic mass is 10.1. The summed E-state index contributed by atoms with van der Waals surface area (Å²) in [5.41, 5.74) is 1.10. The fourth-order valence-corrected chi connectivity index (χ4v) is 2.75. The van der Waals surface area contributed by atoms with Gasteiger partial charge in [0.2, 0.25) is 0 Å². The van der Waals surface area contributed by atoms with Crippen molar-refractivity contribution in [1.82, 2.24) is 4.90 Å². The highest BCUT2D eigenvalue weighted by molar-refractivity contribution is 8.13. The minimum Gasteiger partial charge on any atom is -0.341 e. The molecule has 20 heavy (non-hydrogen) atoms. The summed E-state index contributed by atoms with van der Waals surface area (Å²) in [4.78, 5) is 14.0. The van der Waals surface area contributed by atoms with E-state index in [9.17, 15) is 13.2 Å². The third kappa shape index (κ3) is 4.21. The number of rotatable bonds is 5. The number of carbonyl (C=O) groups excluding carboxylic acids is 1. The van der Waals surface area contributed by atoms with Gasteiger partial charge >= 0.3 is 0 Å². The summed E-state index contributed by atoms with van der Waals surface area (Å²) in [6.45, 7) is 6.54. The van der Waals surface area contributed by atoms with E-state index in [0.717, 1.165) is 6.42 Å². The van der Waals surface area contributed by atoms with Crippen LogP contribution in [0.1, 0.15) is 36.2 Å². The van der Waals surface area contributed by atoms with Gasteiger partial charge in [0, 0.05) is 29.8 Å². The number of nitrogens with zero attached hydrogens (tertiary/aromatic N) is 1. The molecule has 0 heterocycles. The number of carbonyl (C=O) groups is 1. The Balaban J connectivity index is 3.00. The van der Waals surface area contributed by atoms with Crippen molar-refractivity contribution in [3.8, 4) is 0 Å². The molecule has 0 bridgehead atoms. The van der Waals surface area contributed by atoms with E-state index in [1.807, 2.05) is 0 Å². The maximum atomic E-state index is 12.3. The zero-order valence-electron chi connectivity index (χ0n) is 12.2. The van der Waals surface area contributed by atoms with Gasteiger partial charge in [-0.3, -0.25) is 4.79 Å². The van der Waals surface area contributed by atoms with E-state index in [2.05, 4.69) is 13.8 Å². The lowest BCUT2D eigenvalue weighted by Crippen LogP contribution is -2.31. The molecule has 4 nitrogen and oxygen atoms in total. The molecular weight excluding hydrogens is 298 g/mol. The summed E-state index contributed by atoms with van der Waals surface area (Å²) < 4.78 is 22.5. The Morgan fingerprint density at radius 3 is 2.45 bits per heavy atom. The molecule has 0 saturated heterocycles.